The summed E-state index contributed by atoms with van der Waals surface area (Å²) in [6, 6.07) is 13.9. The Labute approximate surface area is 146 Å². The lowest BCUT2D eigenvalue weighted by molar-refractivity contribution is -0.117. The molecule has 0 aliphatic carbocycles. The molecule has 0 atom stereocenters. The summed E-state index contributed by atoms with van der Waals surface area (Å²) in [6.45, 7) is 2.19. The molecule has 25 heavy (non-hydrogen) atoms. The van der Waals surface area contributed by atoms with E-state index in [0.717, 1.165) is 12.0 Å². The van der Waals surface area contributed by atoms with Crippen LogP contribution in [0.5, 0.6) is 0 Å². The minimum atomic E-state index is -0.601. The molecule has 2 aromatic carbocycles. The van der Waals surface area contributed by atoms with Crippen molar-refractivity contribution in [1.29, 1.82) is 0 Å². The zero-order chi connectivity index (χ0) is 17.8. The van der Waals surface area contributed by atoms with E-state index in [2.05, 4.69) is 0 Å². The molecular formula is C20H19NO4. The van der Waals surface area contributed by atoms with Crippen LogP contribution < -0.4 is 4.90 Å². The first-order valence-electron chi connectivity index (χ1n) is 8.22. The van der Waals surface area contributed by atoms with Gasteiger partial charge in [-0.2, -0.15) is 0 Å². The maximum atomic E-state index is 12.4. The van der Waals surface area contributed by atoms with E-state index < -0.39 is 5.97 Å². The molecule has 0 N–H and O–H groups in total. The van der Waals surface area contributed by atoms with E-state index in [4.69, 9.17) is 4.74 Å². The largest absolute Gasteiger partial charge is 0.454 e. The van der Waals surface area contributed by atoms with Gasteiger partial charge in [-0.05, 0) is 25.5 Å². The van der Waals surface area contributed by atoms with Crippen molar-refractivity contribution in [3.63, 3.8) is 0 Å². The monoisotopic (exact) mass is 337 g/mol. The zero-order valence-corrected chi connectivity index (χ0v) is 14.0. The third kappa shape index (κ3) is 3.76. The molecular weight excluding hydrogens is 318 g/mol. The lowest BCUT2D eigenvalue weighted by Gasteiger charge is -2.18. The fourth-order valence-corrected chi connectivity index (χ4v) is 2.82. The van der Waals surface area contributed by atoms with Crippen LogP contribution >= 0.6 is 0 Å². The quantitative estimate of drug-likeness (QED) is 0.621. The number of benzene rings is 2. The van der Waals surface area contributed by atoms with Crippen molar-refractivity contribution in [2.75, 3.05) is 18.1 Å². The highest BCUT2D eigenvalue weighted by atomic mass is 16.5. The average Bonchev–Trinajstić information content (AvgIpc) is 3.06. The lowest BCUT2D eigenvalue weighted by Crippen LogP contribution is -2.26. The van der Waals surface area contributed by atoms with E-state index in [1.54, 1.807) is 41.3 Å². The lowest BCUT2D eigenvalue weighted by atomic mass is 10.1. The number of carbonyl (C=O) groups is 3. The number of rotatable bonds is 5. The number of ketones is 1. The first-order chi connectivity index (χ1) is 12.1. The normalized spacial score (nSPS) is 13.8. The van der Waals surface area contributed by atoms with E-state index in [1.807, 2.05) is 19.1 Å². The Kier molecular flexibility index (Phi) is 4.93. The fourth-order valence-electron chi connectivity index (χ4n) is 2.82. The van der Waals surface area contributed by atoms with E-state index in [1.165, 1.54) is 0 Å². The van der Waals surface area contributed by atoms with Gasteiger partial charge in [0.05, 0.1) is 11.3 Å². The average molecular weight is 337 g/mol. The Morgan fingerprint density at radius 2 is 1.80 bits per heavy atom. The Bertz CT molecular complexity index is 811. The van der Waals surface area contributed by atoms with Crippen LogP contribution in [0.1, 0.15) is 39.1 Å². The first-order valence-corrected chi connectivity index (χ1v) is 8.22. The Balaban J connectivity index is 1.70. The predicted octanol–water partition coefficient (Wildman–Crippen LogP) is 3.16. The molecule has 2 aromatic rings. The Hall–Kier alpha value is -2.95. The molecule has 0 bridgehead atoms. The summed E-state index contributed by atoms with van der Waals surface area (Å²) in [5, 5.41) is 0. The summed E-state index contributed by atoms with van der Waals surface area (Å²) in [4.78, 5) is 38.1. The topological polar surface area (TPSA) is 63.7 Å². The molecule has 1 saturated heterocycles. The molecule has 0 spiro atoms. The highest BCUT2D eigenvalue weighted by Gasteiger charge is 2.26. The molecule has 1 fully saturated rings. The van der Waals surface area contributed by atoms with E-state index in [0.29, 0.717) is 29.8 Å². The smallest absolute Gasteiger partial charge is 0.340 e. The van der Waals surface area contributed by atoms with Crippen molar-refractivity contribution in [2.24, 2.45) is 0 Å². The maximum absolute atomic E-state index is 12.4. The molecule has 5 heteroatoms. The van der Waals surface area contributed by atoms with Crippen LogP contribution in [0.3, 0.4) is 0 Å². The van der Waals surface area contributed by atoms with Crippen LogP contribution in [-0.2, 0) is 9.53 Å². The van der Waals surface area contributed by atoms with Crippen LogP contribution in [0.25, 0.3) is 0 Å². The van der Waals surface area contributed by atoms with Crippen LogP contribution in [0.2, 0.25) is 0 Å². The van der Waals surface area contributed by atoms with Crippen LogP contribution in [0.15, 0.2) is 48.5 Å². The summed E-state index contributed by atoms with van der Waals surface area (Å²) >= 11 is 0. The number of amides is 1. The van der Waals surface area contributed by atoms with Crippen LogP contribution in [-0.4, -0.2) is 30.8 Å². The summed E-state index contributed by atoms with van der Waals surface area (Å²) in [5.41, 5.74) is 2.39. The first kappa shape index (κ1) is 16.9. The SMILES string of the molecule is Cc1ccc(C(=O)COC(=O)c2ccccc2N2CCCC2=O)cc1. The second-order valence-electron chi connectivity index (χ2n) is 6.03. The number of nitrogens with zero attached hydrogens (tertiary/aromatic N) is 1. The van der Waals surface area contributed by atoms with Gasteiger partial charge in [0.2, 0.25) is 5.91 Å². The van der Waals surface area contributed by atoms with E-state index in [-0.39, 0.29) is 18.3 Å². The highest BCUT2D eigenvalue weighted by molar-refractivity contribution is 6.04. The van der Waals surface area contributed by atoms with Crippen molar-refractivity contribution in [3.05, 3.63) is 65.2 Å². The number of hydrogen-bond acceptors (Lipinski definition) is 4. The zero-order valence-electron chi connectivity index (χ0n) is 14.0. The molecule has 0 aromatic heterocycles. The van der Waals surface area contributed by atoms with E-state index >= 15 is 0 Å². The number of ether oxygens (including phenoxy) is 1. The van der Waals surface area contributed by atoms with Crippen molar-refractivity contribution in [1.82, 2.24) is 0 Å². The number of hydrogen-bond donors (Lipinski definition) is 0. The van der Waals surface area contributed by atoms with Gasteiger partial charge in [-0.3, -0.25) is 9.59 Å². The van der Waals surface area contributed by atoms with Gasteiger partial charge in [-0.1, -0.05) is 42.0 Å². The third-order valence-corrected chi connectivity index (χ3v) is 4.20. The van der Waals surface area contributed by atoms with Gasteiger partial charge >= 0.3 is 5.97 Å². The van der Waals surface area contributed by atoms with Gasteiger partial charge in [-0.15, -0.1) is 0 Å². The molecule has 1 amide bonds. The molecule has 1 aliphatic heterocycles. The molecule has 0 radical (unpaired) electrons. The van der Waals surface area contributed by atoms with Crippen molar-refractivity contribution >= 4 is 23.3 Å². The molecule has 1 aliphatic rings. The number of Topliss-reactive ketones (excluding diaryl/α,β-unsaturated/α-hetero) is 1. The van der Waals surface area contributed by atoms with Crippen molar-refractivity contribution < 1.29 is 19.1 Å². The Morgan fingerprint density at radius 3 is 2.48 bits per heavy atom. The van der Waals surface area contributed by atoms with Gasteiger partial charge in [-0.25, -0.2) is 4.79 Å². The second kappa shape index (κ2) is 7.30. The summed E-state index contributed by atoms with van der Waals surface area (Å²) in [7, 11) is 0. The molecule has 1 heterocycles. The number of anilines is 1. The summed E-state index contributed by atoms with van der Waals surface area (Å²) in [6.07, 6.45) is 1.25. The minimum absolute atomic E-state index is 0.00372. The minimum Gasteiger partial charge on any atom is -0.454 e. The molecule has 128 valence electrons. The number of para-hydroxylation sites is 1. The summed E-state index contributed by atoms with van der Waals surface area (Å²) < 4.78 is 5.18. The maximum Gasteiger partial charge on any atom is 0.340 e. The third-order valence-electron chi connectivity index (χ3n) is 4.20. The number of aryl methyl sites for hydroxylation is 1. The molecule has 0 unspecified atom stereocenters. The van der Waals surface area contributed by atoms with Crippen LogP contribution in [0.4, 0.5) is 5.69 Å². The number of carbonyl (C=O) groups excluding carboxylic acids is 3. The van der Waals surface area contributed by atoms with Gasteiger partial charge in [0.1, 0.15) is 0 Å². The Morgan fingerprint density at radius 1 is 1.08 bits per heavy atom. The van der Waals surface area contributed by atoms with Gasteiger partial charge < -0.3 is 9.64 Å². The molecule has 0 saturated carbocycles. The number of esters is 1. The van der Waals surface area contributed by atoms with Crippen LogP contribution in [0, 0.1) is 6.92 Å². The van der Waals surface area contributed by atoms with Gasteiger partial charge in [0.25, 0.3) is 0 Å². The van der Waals surface area contributed by atoms with E-state index in [9.17, 15) is 14.4 Å². The van der Waals surface area contributed by atoms with Crippen molar-refractivity contribution in [2.45, 2.75) is 19.8 Å². The standard InChI is InChI=1S/C20H19NO4/c1-14-8-10-15(11-9-14)18(22)13-25-20(24)16-5-2-3-6-17(16)21-12-4-7-19(21)23/h2-3,5-6,8-11H,4,7,12-13H2,1H3. The molecule has 5 nitrogen and oxygen atoms in total. The molecule has 3 rings (SSSR count). The van der Waals surface area contributed by atoms with Gasteiger partial charge in [0, 0.05) is 18.5 Å². The fraction of sp³-hybridized carbons (Fsp3) is 0.250. The highest BCUT2D eigenvalue weighted by Crippen LogP contribution is 2.26. The van der Waals surface area contributed by atoms with Crippen molar-refractivity contribution in [3.8, 4) is 0 Å². The van der Waals surface area contributed by atoms with Gasteiger partial charge in [0.15, 0.2) is 12.4 Å². The summed E-state index contributed by atoms with van der Waals surface area (Å²) in [5.74, 6) is -0.866. The second-order valence-corrected chi connectivity index (χ2v) is 6.03. The predicted molar refractivity (Wildman–Crippen MR) is 93.8 cm³/mol.